The van der Waals surface area contributed by atoms with Gasteiger partial charge in [-0.25, -0.2) is 0 Å². The van der Waals surface area contributed by atoms with Gasteiger partial charge in [-0.3, -0.25) is 0 Å². The Balaban J connectivity index is 2.65. The summed E-state index contributed by atoms with van der Waals surface area (Å²) in [7, 11) is 0. The van der Waals surface area contributed by atoms with Crippen molar-refractivity contribution in [2.45, 2.75) is 52.0 Å². The molecule has 0 fully saturated rings. The average Bonchev–Trinajstić information content (AvgIpc) is 2.32. The second-order valence-corrected chi connectivity index (χ2v) is 6.79. The van der Waals surface area contributed by atoms with Crippen LogP contribution in [0.1, 0.15) is 57.6 Å². The van der Waals surface area contributed by atoms with Crippen molar-refractivity contribution in [3.8, 4) is 0 Å². The van der Waals surface area contributed by atoms with E-state index in [-0.39, 0.29) is 6.04 Å². The molecule has 0 bridgehead atoms. The Bertz CT molecular complexity index is 345. The van der Waals surface area contributed by atoms with Crippen LogP contribution >= 0.6 is 31.9 Å². The van der Waals surface area contributed by atoms with Crippen molar-refractivity contribution in [1.82, 2.24) is 0 Å². The lowest BCUT2D eigenvalue weighted by molar-refractivity contribution is 0.388. The Morgan fingerprint density at radius 3 is 2.22 bits per heavy atom. The molecule has 0 saturated heterocycles. The summed E-state index contributed by atoms with van der Waals surface area (Å²) < 4.78 is 2.17. The van der Waals surface area contributed by atoms with Crippen molar-refractivity contribution in [1.29, 1.82) is 0 Å². The Kier molecular flexibility index (Phi) is 7.50. The van der Waals surface area contributed by atoms with Crippen LogP contribution in [-0.2, 0) is 0 Å². The summed E-state index contributed by atoms with van der Waals surface area (Å²) >= 11 is 7.04. The van der Waals surface area contributed by atoms with Crippen molar-refractivity contribution in [2.75, 3.05) is 0 Å². The first-order valence-electron chi connectivity index (χ1n) is 6.78. The largest absolute Gasteiger partial charge is 0.324 e. The van der Waals surface area contributed by atoms with Gasteiger partial charge in [0.05, 0.1) is 0 Å². The molecule has 2 atom stereocenters. The predicted octanol–water partition coefficient (Wildman–Crippen LogP) is 5.82. The summed E-state index contributed by atoms with van der Waals surface area (Å²) in [6.45, 7) is 4.52. The summed E-state index contributed by atoms with van der Waals surface area (Å²) in [6.07, 6.45) is 6.19. The molecule has 1 aromatic carbocycles. The van der Waals surface area contributed by atoms with Crippen molar-refractivity contribution in [2.24, 2.45) is 11.7 Å². The second kappa shape index (κ2) is 8.34. The molecule has 0 aliphatic heterocycles. The molecule has 0 aromatic heterocycles. The van der Waals surface area contributed by atoms with E-state index >= 15 is 0 Å². The standard InChI is InChI=1S/C15H23Br2N/c1-3-5-6-11(4-2)7-15(18)12-8-13(16)10-14(17)9-12/h8-11,15H,3-7,18H2,1-2H3. The van der Waals surface area contributed by atoms with E-state index in [0.29, 0.717) is 0 Å². The first kappa shape index (κ1) is 16.2. The second-order valence-electron chi connectivity index (χ2n) is 4.96. The Labute approximate surface area is 128 Å². The van der Waals surface area contributed by atoms with Crippen LogP contribution in [0.3, 0.4) is 0 Å². The Morgan fingerprint density at radius 1 is 1.11 bits per heavy atom. The lowest BCUT2D eigenvalue weighted by atomic mass is 9.90. The van der Waals surface area contributed by atoms with Gasteiger partial charge in [0.15, 0.2) is 0 Å². The summed E-state index contributed by atoms with van der Waals surface area (Å²) in [5.41, 5.74) is 7.55. The van der Waals surface area contributed by atoms with Crippen LogP contribution in [0.25, 0.3) is 0 Å². The highest BCUT2D eigenvalue weighted by Crippen LogP contribution is 2.29. The highest BCUT2D eigenvalue weighted by atomic mass is 79.9. The minimum absolute atomic E-state index is 0.139. The molecule has 0 aliphatic carbocycles. The number of nitrogens with two attached hydrogens (primary N) is 1. The van der Waals surface area contributed by atoms with Gasteiger partial charge in [0.2, 0.25) is 0 Å². The lowest BCUT2D eigenvalue weighted by Gasteiger charge is -2.20. The normalized spacial score (nSPS) is 14.5. The van der Waals surface area contributed by atoms with E-state index < -0.39 is 0 Å². The van der Waals surface area contributed by atoms with Crippen LogP contribution < -0.4 is 5.73 Å². The highest BCUT2D eigenvalue weighted by Gasteiger charge is 2.14. The molecular formula is C15H23Br2N. The van der Waals surface area contributed by atoms with Crippen LogP contribution in [0.5, 0.6) is 0 Å². The van der Waals surface area contributed by atoms with E-state index in [1.165, 1.54) is 31.2 Å². The quantitative estimate of drug-likeness (QED) is 0.637. The predicted molar refractivity (Wildman–Crippen MR) is 86.7 cm³/mol. The molecule has 1 rings (SSSR count). The summed E-state index contributed by atoms with van der Waals surface area (Å²) in [5, 5.41) is 0. The van der Waals surface area contributed by atoms with Crippen molar-refractivity contribution in [3.63, 3.8) is 0 Å². The van der Waals surface area contributed by atoms with Gasteiger partial charge >= 0.3 is 0 Å². The van der Waals surface area contributed by atoms with E-state index in [2.05, 4.69) is 57.8 Å². The Morgan fingerprint density at radius 2 is 1.72 bits per heavy atom. The maximum Gasteiger partial charge on any atom is 0.0298 e. The van der Waals surface area contributed by atoms with Gasteiger partial charge in [0.1, 0.15) is 0 Å². The first-order valence-corrected chi connectivity index (χ1v) is 8.37. The molecule has 102 valence electrons. The zero-order valence-electron chi connectivity index (χ0n) is 11.3. The van der Waals surface area contributed by atoms with Crippen LogP contribution in [0, 0.1) is 5.92 Å². The smallest absolute Gasteiger partial charge is 0.0298 e. The SMILES string of the molecule is CCCCC(CC)CC(N)c1cc(Br)cc(Br)c1. The molecule has 0 amide bonds. The molecule has 0 saturated carbocycles. The molecular weight excluding hydrogens is 354 g/mol. The van der Waals surface area contributed by atoms with Gasteiger partial charge in [-0.1, -0.05) is 71.4 Å². The first-order chi connectivity index (χ1) is 8.56. The third-order valence-corrected chi connectivity index (χ3v) is 4.36. The number of hydrogen-bond donors (Lipinski definition) is 1. The van der Waals surface area contributed by atoms with Gasteiger partial charge in [-0.05, 0) is 36.1 Å². The maximum atomic E-state index is 6.34. The van der Waals surface area contributed by atoms with Crippen LogP contribution in [0.2, 0.25) is 0 Å². The molecule has 3 heteroatoms. The van der Waals surface area contributed by atoms with Gasteiger partial charge in [-0.2, -0.15) is 0 Å². The summed E-state index contributed by atoms with van der Waals surface area (Å²) in [6, 6.07) is 6.44. The zero-order valence-corrected chi connectivity index (χ0v) is 14.4. The summed E-state index contributed by atoms with van der Waals surface area (Å²) in [5.74, 6) is 0.748. The maximum absolute atomic E-state index is 6.34. The molecule has 0 spiro atoms. The fourth-order valence-electron chi connectivity index (χ4n) is 2.27. The number of unbranched alkanes of at least 4 members (excludes halogenated alkanes) is 1. The topological polar surface area (TPSA) is 26.0 Å². The molecule has 2 unspecified atom stereocenters. The van der Waals surface area contributed by atoms with E-state index in [4.69, 9.17) is 5.73 Å². The highest BCUT2D eigenvalue weighted by molar-refractivity contribution is 9.11. The van der Waals surface area contributed by atoms with Gasteiger partial charge in [0.25, 0.3) is 0 Å². The molecule has 18 heavy (non-hydrogen) atoms. The van der Waals surface area contributed by atoms with Gasteiger partial charge < -0.3 is 5.73 Å². The fraction of sp³-hybridized carbons (Fsp3) is 0.600. The van der Waals surface area contributed by atoms with Crippen LogP contribution in [-0.4, -0.2) is 0 Å². The van der Waals surface area contributed by atoms with Crippen molar-refractivity contribution < 1.29 is 0 Å². The molecule has 0 heterocycles. The molecule has 2 N–H and O–H groups in total. The number of halogens is 2. The van der Waals surface area contributed by atoms with E-state index in [9.17, 15) is 0 Å². The lowest BCUT2D eigenvalue weighted by Crippen LogP contribution is -2.15. The zero-order chi connectivity index (χ0) is 13.5. The summed E-state index contributed by atoms with van der Waals surface area (Å²) in [4.78, 5) is 0. The van der Waals surface area contributed by atoms with E-state index in [1.54, 1.807) is 0 Å². The third-order valence-electron chi connectivity index (χ3n) is 3.44. The number of hydrogen-bond acceptors (Lipinski definition) is 1. The van der Waals surface area contributed by atoms with Crippen molar-refractivity contribution >= 4 is 31.9 Å². The number of benzene rings is 1. The molecule has 1 aromatic rings. The number of rotatable bonds is 7. The van der Waals surface area contributed by atoms with Crippen molar-refractivity contribution in [3.05, 3.63) is 32.7 Å². The molecule has 0 radical (unpaired) electrons. The van der Waals surface area contributed by atoms with Gasteiger partial charge in [0, 0.05) is 15.0 Å². The average molecular weight is 377 g/mol. The van der Waals surface area contributed by atoms with E-state index in [0.717, 1.165) is 21.3 Å². The van der Waals surface area contributed by atoms with E-state index in [1.807, 2.05) is 6.07 Å². The minimum atomic E-state index is 0.139. The minimum Gasteiger partial charge on any atom is -0.324 e. The monoisotopic (exact) mass is 375 g/mol. The Hall–Kier alpha value is 0.140. The van der Waals surface area contributed by atoms with Crippen LogP contribution in [0.4, 0.5) is 0 Å². The molecule has 1 nitrogen and oxygen atoms in total. The van der Waals surface area contributed by atoms with Gasteiger partial charge in [-0.15, -0.1) is 0 Å². The molecule has 0 aliphatic rings. The van der Waals surface area contributed by atoms with Crippen LogP contribution in [0.15, 0.2) is 27.1 Å². The fourth-order valence-corrected chi connectivity index (χ4v) is 3.59. The third kappa shape index (κ3) is 5.41.